The molecule has 0 heterocycles. The third kappa shape index (κ3) is 5.27. The van der Waals surface area contributed by atoms with Gasteiger partial charge in [0, 0.05) is 5.57 Å². The van der Waals surface area contributed by atoms with E-state index in [-0.39, 0.29) is 22.4 Å². The number of esters is 1. The first kappa shape index (κ1) is 24.1. The van der Waals surface area contributed by atoms with Crippen LogP contribution in [-0.4, -0.2) is 5.97 Å². The summed E-state index contributed by atoms with van der Waals surface area (Å²) >= 11 is 0. The lowest BCUT2D eigenvalue weighted by molar-refractivity contribution is -0.161. The molecule has 0 spiro atoms. The molecule has 3 aromatic carbocycles. The van der Waals surface area contributed by atoms with Crippen LogP contribution in [-0.2, 0) is 17.1 Å². The Balaban J connectivity index is 2.22. The van der Waals surface area contributed by atoms with Crippen LogP contribution in [0.2, 0.25) is 0 Å². The predicted molar refractivity (Wildman–Crippen MR) is 113 cm³/mol. The third-order valence-electron chi connectivity index (χ3n) is 4.86. The maximum absolute atomic E-state index is 14.0. The van der Waals surface area contributed by atoms with E-state index in [2.05, 4.69) is 6.58 Å². The second kappa shape index (κ2) is 8.77. The van der Waals surface area contributed by atoms with Crippen molar-refractivity contribution in [1.82, 2.24) is 0 Å². The van der Waals surface area contributed by atoms with Gasteiger partial charge in [-0.15, -0.1) is 0 Å². The van der Waals surface area contributed by atoms with Crippen molar-refractivity contribution in [3.63, 3.8) is 0 Å². The molecule has 172 valence electrons. The van der Waals surface area contributed by atoms with Gasteiger partial charge in [0.15, 0.2) is 0 Å². The Morgan fingerprint density at radius 2 is 1.12 bits per heavy atom. The number of ether oxygens (including phenoxy) is 1. The summed E-state index contributed by atoms with van der Waals surface area (Å²) in [7, 11) is 0. The molecule has 0 saturated carbocycles. The summed E-state index contributed by atoms with van der Waals surface area (Å²) in [6.07, 6.45) is -10.6. The molecule has 0 saturated heterocycles. The highest BCUT2D eigenvalue weighted by Gasteiger charge is 2.46. The van der Waals surface area contributed by atoms with Crippen LogP contribution < -0.4 is 4.74 Å². The maximum Gasteiger partial charge on any atom is 0.417 e. The minimum absolute atomic E-state index is 0.0204. The Hall–Kier alpha value is -3.55. The second-order valence-electron chi connectivity index (χ2n) is 7.47. The minimum atomic E-state index is -5.29. The molecule has 0 aliphatic rings. The molecule has 3 rings (SSSR count). The van der Waals surface area contributed by atoms with Gasteiger partial charge in [-0.1, -0.05) is 60.7 Å². The first-order chi connectivity index (χ1) is 15.3. The van der Waals surface area contributed by atoms with E-state index in [9.17, 15) is 31.1 Å². The molecular weight excluding hydrogens is 446 g/mol. The van der Waals surface area contributed by atoms with Gasteiger partial charge in [-0.25, -0.2) is 4.79 Å². The predicted octanol–water partition coefficient (Wildman–Crippen LogP) is 7.85. The van der Waals surface area contributed by atoms with Crippen LogP contribution in [0.3, 0.4) is 0 Å². The van der Waals surface area contributed by atoms with Crippen molar-refractivity contribution in [2.75, 3.05) is 0 Å². The monoisotopic (exact) mass is 464 g/mol. The minimum Gasteiger partial charge on any atom is -0.423 e. The van der Waals surface area contributed by atoms with E-state index in [0.717, 1.165) is 29.8 Å². The van der Waals surface area contributed by atoms with E-state index in [0.29, 0.717) is 0 Å². The summed E-state index contributed by atoms with van der Waals surface area (Å²) in [6, 6.07) is 12.6. The molecule has 0 bridgehead atoms. The van der Waals surface area contributed by atoms with Gasteiger partial charge in [0.2, 0.25) is 0 Å². The smallest absolute Gasteiger partial charge is 0.417 e. The second-order valence-corrected chi connectivity index (χ2v) is 7.47. The van der Waals surface area contributed by atoms with E-state index >= 15 is 0 Å². The van der Waals surface area contributed by atoms with Crippen molar-refractivity contribution in [2.45, 2.75) is 26.2 Å². The molecule has 3 aromatic rings. The zero-order valence-corrected chi connectivity index (χ0v) is 17.6. The first-order valence-electron chi connectivity index (χ1n) is 9.65. The van der Waals surface area contributed by atoms with E-state index in [1.54, 1.807) is 6.92 Å². The van der Waals surface area contributed by atoms with Crippen LogP contribution >= 0.6 is 0 Å². The molecule has 33 heavy (non-hydrogen) atoms. The number of benzene rings is 3. The van der Waals surface area contributed by atoms with Crippen LogP contribution in [0.1, 0.15) is 23.6 Å². The molecule has 0 aromatic heterocycles. The summed E-state index contributed by atoms with van der Waals surface area (Å²) in [4.78, 5) is 11.6. The lowest BCUT2D eigenvalue weighted by Gasteiger charge is -2.23. The molecule has 0 aliphatic heterocycles. The van der Waals surface area contributed by atoms with Crippen molar-refractivity contribution in [1.29, 1.82) is 0 Å². The fourth-order valence-electron chi connectivity index (χ4n) is 3.30. The van der Waals surface area contributed by atoms with Gasteiger partial charge >= 0.3 is 18.3 Å². The Labute approximate surface area is 186 Å². The number of hydrogen-bond donors (Lipinski definition) is 0. The van der Waals surface area contributed by atoms with Crippen molar-refractivity contribution >= 4 is 5.97 Å². The highest BCUT2D eigenvalue weighted by Crippen LogP contribution is 2.49. The average Bonchev–Trinajstić information content (AvgIpc) is 2.72. The quantitative estimate of drug-likeness (QED) is 0.170. The molecule has 2 nitrogen and oxygen atoms in total. The number of hydrogen-bond acceptors (Lipinski definition) is 2. The molecule has 0 atom stereocenters. The molecule has 8 heteroatoms. The van der Waals surface area contributed by atoms with E-state index < -0.39 is 40.6 Å². The topological polar surface area (TPSA) is 26.3 Å². The van der Waals surface area contributed by atoms with E-state index in [1.807, 2.05) is 0 Å². The van der Waals surface area contributed by atoms with Gasteiger partial charge in [0.25, 0.3) is 0 Å². The van der Waals surface area contributed by atoms with Crippen LogP contribution in [0, 0.1) is 6.92 Å². The summed E-state index contributed by atoms with van der Waals surface area (Å²) in [5.41, 5.74) is -3.96. The Kier molecular flexibility index (Phi) is 6.40. The normalized spacial score (nSPS) is 11.9. The standard InChI is InChI=1S/C25H18F6O2/c1-14(2)23(32)33-18-10-8-17(9-11-18)20-13-12-19(16-6-4-15(3)5-7-16)21(24(26,27)28)22(20)25(29,30)31/h4-13H,1H2,2-3H3. The van der Waals surface area contributed by atoms with Crippen molar-refractivity contribution < 1.29 is 35.9 Å². The molecule has 0 radical (unpaired) electrons. The number of carbonyl (C=O) groups is 1. The third-order valence-corrected chi connectivity index (χ3v) is 4.86. The van der Waals surface area contributed by atoms with Crippen LogP contribution in [0.25, 0.3) is 22.3 Å². The van der Waals surface area contributed by atoms with Gasteiger partial charge in [-0.05, 0) is 48.2 Å². The summed E-state index contributed by atoms with van der Waals surface area (Å²) in [5.74, 6) is -0.715. The van der Waals surface area contributed by atoms with Crippen molar-refractivity contribution in [2.24, 2.45) is 0 Å². The lowest BCUT2D eigenvalue weighted by Crippen LogP contribution is -2.19. The fourth-order valence-corrected chi connectivity index (χ4v) is 3.30. The maximum atomic E-state index is 14.0. The van der Waals surface area contributed by atoms with Gasteiger partial charge in [0.1, 0.15) is 5.75 Å². The van der Waals surface area contributed by atoms with Gasteiger partial charge in [-0.3, -0.25) is 0 Å². The number of halogens is 6. The number of carbonyl (C=O) groups excluding carboxylic acids is 1. The molecule has 0 aliphatic carbocycles. The highest BCUT2D eigenvalue weighted by molar-refractivity contribution is 5.89. The van der Waals surface area contributed by atoms with Gasteiger partial charge in [0.05, 0.1) is 11.1 Å². The fraction of sp³-hybridized carbons (Fsp3) is 0.160. The number of rotatable bonds is 4. The highest BCUT2D eigenvalue weighted by atomic mass is 19.4. The summed E-state index contributed by atoms with van der Waals surface area (Å²) in [6.45, 7) is 6.56. The molecular formula is C25H18F6O2. The number of aryl methyl sites for hydroxylation is 1. The number of alkyl halides is 6. The van der Waals surface area contributed by atoms with E-state index in [1.165, 1.54) is 43.3 Å². The summed E-state index contributed by atoms with van der Waals surface area (Å²) < 4.78 is 89.2. The Bertz CT molecular complexity index is 1190. The summed E-state index contributed by atoms with van der Waals surface area (Å²) in [5, 5.41) is 0. The average molecular weight is 464 g/mol. The van der Waals surface area contributed by atoms with E-state index in [4.69, 9.17) is 4.74 Å². The van der Waals surface area contributed by atoms with Crippen LogP contribution in [0.5, 0.6) is 5.75 Å². The largest absolute Gasteiger partial charge is 0.423 e. The van der Waals surface area contributed by atoms with Crippen LogP contribution in [0.4, 0.5) is 26.3 Å². The first-order valence-corrected chi connectivity index (χ1v) is 9.65. The molecule has 0 amide bonds. The lowest BCUT2D eigenvalue weighted by atomic mass is 9.88. The zero-order chi connectivity index (χ0) is 24.6. The van der Waals surface area contributed by atoms with Crippen LogP contribution in [0.15, 0.2) is 72.8 Å². The van der Waals surface area contributed by atoms with Gasteiger partial charge in [-0.2, -0.15) is 26.3 Å². The molecule has 0 unspecified atom stereocenters. The van der Waals surface area contributed by atoms with Crippen molar-refractivity contribution in [3.05, 3.63) is 89.5 Å². The molecule has 0 N–H and O–H groups in total. The Morgan fingerprint density at radius 3 is 1.48 bits per heavy atom. The van der Waals surface area contributed by atoms with Gasteiger partial charge < -0.3 is 4.74 Å². The zero-order valence-electron chi connectivity index (χ0n) is 17.6. The Morgan fingerprint density at radius 1 is 0.727 bits per heavy atom. The molecule has 0 fully saturated rings. The SMILES string of the molecule is C=C(C)C(=O)Oc1ccc(-c2ccc(-c3ccc(C)cc3)c(C(F)(F)F)c2C(F)(F)F)cc1. The van der Waals surface area contributed by atoms with Crippen molar-refractivity contribution in [3.8, 4) is 28.0 Å².